The topological polar surface area (TPSA) is 22.3 Å². The fraction of sp³-hybridized carbons (Fsp3) is 0.435. The summed E-state index contributed by atoms with van der Waals surface area (Å²) < 4.78 is 2.57. The summed E-state index contributed by atoms with van der Waals surface area (Å²) >= 11 is 2.61. The molecule has 2 aromatic rings. The predicted octanol–water partition coefficient (Wildman–Crippen LogP) is 11.5. The first kappa shape index (κ1) is 31.5. The summed E-state index contributed by atoms with van der Waals surface area (Å²) in [6.07, 6.45) is 40.8. The molecule has 5 unspecified atom stereocenters. The molecule has 0 spiro atoms. The molecule has 0 radical (unpaired) electrons. The van der Waals surface area contributed by atoms with Crippen LogP contribution in [0, 0.1) is 29.6 Å². The largest absolute Gasteiger partial charge is 0.358 e. The number of hydrogen-bond acceptors (Lipinski definition) is 2. The third kappa shape index (κ3) is 5.42. The molecular formula is C46H50IN3. The second-order valence-corrected chi connectivity index (χ2v) is 17.4. The zero-order valence-corrected chi connectivity index (χ0v) is 31.5. The van der Waals surface area contributed by atoms with Gasteiger partial charge in [0.1, 0.15) is 0 Å². The van der Waals surface area contributed by atoms with Crippen molar-refractivity contribution in [3.05, 3.63) is 135 Å². The number of fused-ring (bicyclic) bond motifs is 5. The van der Waals surface area contributed by atoms with Gasteiger partial charge in [-0.1, -0.05) is 97.0 Å². The van der Waals surface area contributed by atoms with E-state index in [-0.39, 0.29) is 0 Å². The second-order valence-electron chi connectivity index (χ2n) is 16.2. The van der Waals surface area contributed by atoms with Gasteiger partial charge in [0.05, 0.1) is 22.9 Å². The SMILES string of the molecule is IN1CCCC=C1C1CCC[C@H]1N1C2=CCC(C3C=Cc4[nH]c5c(c4C3)C=C(C3C=CC=CC3)CC5)CC2C2=C1CCC(c1ccccc1)=C2. The van der Waals surface area contributed by atoms with Crippen molar-refractivity contribution in [3.63, 3.8) is 0 Å². The quantitative estimate of drug-likeness (QED) is 0.242. The fourth-order valence-electron chi connectivity index (χ4n) is 11.1. The number of halogens is 1. The first-order chi connectivity index (χ1) is 24.7. The van der Waals surface area contributed by atoms with Gasteiger partial charge in [-0.15, -0.1) is 0 Å². The highest BCUT2D eigenvalue weighted by Crippen LogP contribution is 2.55. The zero-order chi connectivity index (χ0) is 33.2. The van der Waals surface area contributed by atoms with E-state index in [1.165, 1.54) is 98.8 Å². The van der Waals surface area contributed by atoms with Crippen LogP contribution in [0.4, 0.5) is 0 Å². The van der Waals surface area contributed by atoms with E-state index in [1.54, 1.807) is 33.8 Å². The van der Waals surface area contributed by atoms with Crippen molar-refractivity contribution in [1.29, 1.82) is 0 Å². The first-order valence-corrected chi connectivity index (χ1v) is 20.7. The maximum Gasteiger partial charge on any atom is 0.0588 e. The van der Waals surface area contributed by atoms with E-state index in [4.69, 9.17) is 0 Å². The molecule has 3 heterocycles. The molecule has 3 nitrogen and oxygen atoms in total. The molecule has 256 valence electrons. The monoisotopic (exact) mass is 771 g/mol. The van der Waals surface area contributed by atoms with Gasteiger partial charge in [-0.05, 0) is 123 Å². The van der Waals surface area contributed by atoms with Crippen molar-refractivity contribution < 1.29 is 0 Å². The van der Waals surface area contributed by atoms with Crippen molar-refractivity contribution in [2.45, 2.75) is 89.5 Å². The second kappa shape index (κ2) is 13.1. The van der Waals surface area contributed by atoms with Gasteiger partial charge >= 0.3 is 0 Å². The van der Waals surface area contributed by atoms with Crippen LogP contribution in [0.2, 0.25) is 0 Å². The Kier molecular flexibility index (Phi) is 8.22. The van der Waals surface area contributed by atoms with E-state index in [2.05, 4.69) is 127 Å². The van der Waals surface area contributed by atoms with Gasteiger partial charge in [-0.3, -0.25) is 0 Å². The Morgan fingerprint density at radius 2 is 1.80 bits per heavy atom. The molecule has 0 amide bonds. The van der Waals surface area contributed by atoms with Crippen LogP contribution in [0.5, 0.6) is 0 Å². The lowest BCUT2D eigenvalue weighted by Gasteiger charge is -2.41. The lowest BCUT2D eigenvalue weighted by atomic mass is 9.71. The highest BCUT2D eigenvalue weighted by atomic mass is 127. The van der Waals surface area contributed by atoms with Gasteiger partial charge in [0, 0.05) is 58.8 Å². The fourth-order valence-corrected chi connectivity index (χ4v) is 12.0. The van der Waals surface area contributed by atoms with Gasteiger partial charge in [-0.2, -0.15) is 0 Å². The first-order valence-electron chi connectivity index (χ1n) is 19.8. The van der Waals surface area contributed by atoms with Crippen LogP contribution in [0.15, 0.2) is 107 Å². The molecule has 50 heavy (non-hydrogen) atoms. The number of aromatic nitrogens is 1. The Bertz CT molecular complexity index is 1930. The molecule has 1 fully saturated rings. The summed E-state index contributed by atoms with van der Waals surface area (Å²) in [7, 11) is 0. The minimum absolute atomic E-state index is 0.521. The summed E-state index contributed by atoms with van der Waals surface area (Å²) in [5.41, 5.74) is 17.1. The van der Waals surface area contributed by atoms with E-state index in [9.17, 15) is 0 Å². The number of nitrogens with one attached hydrogen (secondary N) is 1. The molecule has 1 saturated carbocycles. The molecule has 1 N–H and O–H groups in total. The molecule has 8 aliphatic rings. The highest BCUT2D eigenvalue weighted by molar-refractivity contribution is 14.1. The predicted molar refractivity (Wildman–Crippen MR) is 216 cm³/mol. The molecule has 10 rings (SSSR count). The lowest BCUT2D eigenvalue weighted by Crippen LogP contribution is -2.39. The smallest absolute Gasteiger partial charge is 0.0588 e. The minimum Gasteiger partial charge on any atom is -0.358 e. The van der Waals surface area contributed by atoms with Gasteiger partial charge in [0.2, 0.25) is 0 Å². The Hall–Kier alpha value is -3.25. The Labute approximate surface area is 312 Å². The number of allylic oxidation sites excluding steroid dienone is 12. The minimum atomic E-state index is 0.521. The molecule has 1 aromatic carbocycles. The van der Waals surface area contributed by atoms with Crippen LogP contribution in [-0.2, 0) is 12.8 Å². The van der Waals surface area contributed by atoms with Crippen LogP contribution < -0.4 is 0 Å². The molecule has 0 bridgehead atoms. The third-order valence-electron chi connectivity index (χ3n) is 13.6. The van der Waals surface area contributed by atoms with E-state index in [1.807, 2.05) is 0 Å². The van der Waals surface area contributed by atoms with Crippen molar-refractivity contribution in [3.8, 4) is 0 Å². The summed E-state index contributed by atoms with van der Waals surface area (Å²) in [6.45, 7) is 1.20. The van der Waals surface area contributed by atoms with Gasteiger partial charge in [-0.25, -0.2) is 0 Å². The standard InChI is InChI=1S/C46H50IN3/c47-49-25-8-7-15-43(49)36-14-9-16-44(36)50-45-23-19-33(31-12-5-2-6-13-31)28-39(45)40-29-35(20-24-46(40)50)34-18-22-42-38(27-34)37-26-32(17-21-41(37)48-42)30-10-3-1-4-11-30/h1-6,10,12-13,15,18,22,24,26,28,30,34-36,40,44,48H,7-9,11,14,16-17,19-21,23,25,27,29H2/t30?,34?,35?,36?,40?,44-/m1/s1. The van der Waals surface area contributed by atoms with E-state index in [0.717, 1.165) is 19.3 Å². The van der Waals surface area contributed by atoms with Crippen molar-refractivity contribution in [2.24, 2.45) is 29.6 Å². The van der Waals surface area contributed by atoms with Gasteiger partial charge < -0.3 is 13.0 Å². The average molecular weight is 772 g/mol. The summed E-state index contributed by atoms with van der Waals surface area (Å²) in [5, 5.41) is 0. The molecule has 0 saturated heterocycles. The average Bonchev–Trinajstić information content (AvgIpc) is 3.88. The Morgan fingerprint density at radius 3 is 2.68 bits per heavy atom. The van der Waals surface area contributed by atoms with E-state index < -0.39 is 0 Å². The normalized spacial score (nSPS) is 31.5. The number of benzene rings is 1. The number of hydrogen-bond donors (Lipinski definition) is 1. The number of aryl methyl sites for hydroxylation is 1. The molecule has 1 aromatic heterocycles. The molecule has 2 aliphatic heterocycles. The number of nitrogens with zero attached hydrogens (tertiary/aromatic N) is 2. The van der Waals surface area contributed by atoms with Crippen molar-refractivity contribution in [1.82, 2.24) is 13.0 Å². The maximum absolute atomic E-state index is 3.86. The van der Waals surface area contributed by atoms with Crippen LogP contribution >= 0.6 is 22.9 Å². The Balaban J connectivity index is 0.969. The number of H-pyrrole nitrogens is 1. The third-order valence-corrected chi connectivity index (χ3v) is 14.6. The van der Waals surface area contributed by atoms with E-state index >= 15 is 0 Å². The maximum atomic E-state index is 3.86. The van der Waals surface area contributed by atoms with E-state index in [0.29, 0.717) is 35.6 Å². The van der Waals surface area contributed by atoms with Crippen LogP contribution in [0.25, 0.3) is 17.7 Å². The van der Waals surface area contributed by atoms with Crippen molar-refractivity contribution in [2.75, 3.05) is 6.54 Å². The van der Waals surface area contributed by atoms with Crippen LogP contribution in [0.3, 0.4) is 0 Å². The molecule has 4 heteroatoms. The van der Waals surface area contributed by atoms with Gasteiger partial charge in [0.25, 0.3) is 0 Å². The van der Waals surface area contributed by atoms with Crippen molar-refractivity contribution >= 4 is 40.6 Å². The number of rotatable bonds is 5. The molecule has 6 atom stereocenters. The number of aromatic amines is 1. The Morgan fingerprint density at radius 1 is 0.860 bits per heavy atom. The van der Waals surface area contributed by atoms with Crippen LogP contribution in [-0.4, -0.2) is 25.6 Å². The summed E-state index contributed by atoms with van der Waals surface area (Å²) in [6, 6.07) is 11.8. The highest BCUT2D eigenvalue weighted by Gasteiger charge is 2.47. The molecular weight excluding hydrogens is 721 g/mol. The van der Waals surface area contributed by atoms with Crippen LogP contribution in [0.1, 0.15) is 98.7 Å². The van der Waals surface area contributed by atoms with Gasteiger partial charge in [0.15, 0.2) is 0 Å². The summed E-state index contributed by atoms with van der Waals surface area (Å²) in [5.74, 6) is 3.01. The summed E-state index contributed by atoms with van der Waals surface area (Å²) in [4.78, 5) is 6.81. The lowest BCUT2D eigenvalue weighted by molar-refractivity contribution is 0.231. The zero-order valence-electron chi connectivity index (χ0n) is 29.3. The molecule has 6 aliphatic carbocycles.